The van der Waals surface area contributed by atoms with E-state index in [4.69, 9.17) is 25.5 Å². The maximum absolute atomic E-state index is 11.9. The largest absolute Gasteiger partial charge is 0.508 e. The Morgan fingerprint density at radius 3 is 2.81 bits per heavy atom. The summed E-state index contributed by atoms with van der Waals surface area (Å²) in [5.74, 6) is -0.245. The number of ether oxygens (including phenoxy) is 2. The van der Waals surface area contributed by atoms with Crippen molar-refractivity contribution in [3.8, 4) is 11.5 Å². The summed E-state index contributed by atoms with van der Waals surface area (Å²) >= 11 is 6.01. The molecule has 0 aliphatic carbocycles. The Bertz CT molecular complexity index is 1020. The van der Waals surface area contributed by atoms with Gasteiger partial charge in [0.05, 0.1) is 5.02 Å². The Kier molecular flexibility index (Phi) is 5.14. The molecule has 2 aromatic carbocycles. The third kappa shape index (κ3) is 4.15. The summed E-state index contributed by atoms with van der Waals surface area (Å²) < 4.78 is 15.6. The predicted octanol–water partition coefficient (Wildman–Crippen LogP) is 3.58. The summed E-state index contributed by atoms with van der Waals surface area (Å²) in [5, 5.41) is 10.4. The van der Waals surface area contributed by atoms with Gasteiger partial charge in [-0.3, -0.25) is 0 Å². The first-order valence-electron chi connectivity index (χ1n) is 7.73. The number of aryl methyl sites for hydroxylation is 1. The van der Waals surface area contributed by atoms with Gasteiger partial charge in [-0.05, 0) is 36.8 Å². The van der Waals surface area contributed by atoms with Gasteiger partial charge in [0.15, 0.2) is 6.61 Å². The molecule has 0 saturated heterocycles. The Morgan fingerprint density at radius 1 is 1.19 bits per heavy atom. The van der Waals surface area contributed by atoms with Crippen LogP contribution in [0.2, 0.25) is 5.02 Å². The Morgan fingerprint density at radius 2 is 2.00 bits per heavy atom. The standard InChI is InChI=1S/C19H15ClO6/c1-11-2-5-15(20)17(6-11)24-10-19(23)25-9-12-7-18(22)26-16-8-13(21)3-4-14(12)16/h2-8,21H,9-10H2,1H3. The smallest absolute Gasteiger partial charge is 0.344 e. The lowest BCUT2D eigenvalue weighted by Crippen LogP contribution is -2.15. The van der Waals surface area contributed by atoms with Crippen LogP contribution < -0.4 is 10.4 Å². The molecule has 26 heavy (non-hydrogen) atoms. The van der Waals surface area contributed by atoms with Crippen LogP contribution in [0.15, 0.2) is 51.7 Å². The van der Waals surface area contributed by atoms with Crippen LogP contribution in [-0.4, -0.2) is 17.7 Å². The monoisotopic (exact) mass is 374 g/mol. The number of aromatic hydroxyl groups is 1. The van der Waals surface area contributed by atoms with Gasteiger partial charge in [-0.2, -0.15) is 0 Å². The van der Waals surface area contributed by atoms with Gasteiger partial charge in [-0.15, -0.1) is 0 Å². The zero-order valence-electron chi connectivity index (χ0n) is 13.8. The fraction of sp³-hybridized carbons (Fsp3) is 0.158. The quantitative estimate of drug-likeness (QED) is 0.542. The maximum Gasteiger partial charge on any atom is 0.344 e. The highest BCUT2D eigenvalue weighted by molar-refractivity contribution is 6.32. The number of hydrogen-bond donors (Lipinski definition) is 1. The minimum Gasteiger partial charge on any atom is -0.508 e. The van der Waals surface area contributed by atoms with Crippen molar-refractivity contribution in [2.45, 2.75) is 13.5 Å². The Balaban J connectivity index is 1.67. The average Bonchev–Trinajstić information content (AvgIpc) is 2.59. The number of benzene rings is 2. The van der Waals surface area contributed by atoms with Crippen molar-refractivity contribution in [3.05, 3.63) is 69.0 Å². The SMILES string of the molecule is Cc1ccc(Cl)c(OCC(=O)OCc2cc(=O)oc3cc(O)ccc23)c1. The fourth-order valence-corrected chi connectivity index (χ4v) is 2.57. The summed E-state index contributed by atoms with van der Waals surface area (Å²) in [4.78, 5) is 23.5. The van der Waals surface area contributed by atoms with Gasteiger partial charge >= 0.3 is 11.6 Å². The van der Waals surface area contributed by atoms with E-state index in [1.807, 2.05) is 13.0 Å². The number of fused-ring (bicyclic) bond motifs is 1. The molecule has 1 heterocycles. The molecule has 0 bridgehead atoms. The molecule has 0 unspecified atom stereocenters. The Labute approximate surface area is 153 Å². The first-order valence-corrected chi connectivity index (χ1v) is 8.10. The molecule has 1 aromatic heterocycles. The lowest BCUT2D eigenvalue weighted by molar-refractivity contribution is -0.147. The van der Waals surface area contributed by atoms with E-state index in [2.05, 4.69) is 0 Å². The van der Waals surface area contributed by atoms with Gasteiger partial charge in [0, 0.05) is 23.1 Å². The highest BCUT2D eigenvalue weighted by Crippen LogP contribution is 2.25. The van der Waals surface area contributed by atoms with Crippen molar-refractivity contribution >= 4 is 28.5 Å². The van der Waals surface area contributed by atoms with Crippen LogP contribution in [0.4, 0.5) is 0 Å². The van der Waals surface area contributed by atoms with Crippen molar-refractivity contribution < 1.29 is 23.8 Å². The lowest BCUT2D eigenvalue weighted by Gasteiger charge is -2.10. The molecule has 0 aliphatic rings. The molecule has 0 spiro atoms. The average molecular weight is 375 g/mol. The zero-order valence-corrected chi connectivity index (χ0v) is 14.6. The highest BCUT2D eigenvalue weighted by Gasteiger charge is 2.11. The fourth-order valence-electron chi connectivity index (χ4n) is 2.40. The van der Waals surface area contributed by atoms with Crippen molar-refractivity contribution in [3.63, 3.8) is 0 Å². The topological polar surface area (TPSA) is 86.0 Å². The van der Waals surface area contributed by atoms with Crippen LogP contribution in [0.25, 0.3) is 11.0 Å². The summed E-state index contributed by atoms with van der Waals surface area (Å²) in [6.07, 6.45) is 0. The van der Waals surface area contributed by atoms with E-state index in [1.165, 1.54) is 18.2 Å². The summed E-state index contributed by atoms with van der Waals surface area (Å²) in [5.41, 5.74) is 1.03. The van der Waals surface area contributed by atoms with Crippen molar-refractivity contribution in [2.24, 2.45) is 0 Å². The van der Waals surface area contributed by atoms with Crippen LogP contribution in [-0.2, 0) is 16.1 Å². The number of phenolic OH excluding ortho intramolecular Hbond substituents is 1. The van der Waals surface area contributed by atoms with Gasteiger partial charge < -0.3 is 19.0 Å². The molecule has 7 heteroatoms. The van der Waals surface area contributed by atoms with Gasteiger partial charge in [0.25, 0.3) is 0 Å². The van der Waals surface area contributed by atoms with E-state index in [0.29, 0.717) is 21.7 Å². The van der Waals surface area contributed by atoms with E-state index < -0.39 is 11.6 Å². The van der Waals surface area contributed by atoms with E-state index in [9.17, 15) is 14.7 Å². The molecular formula is C19H15ClO6. The lowest BCUT2D eigenvalue weighted by atomic mass is 10.1. The second kappa shape index (κ2) is 7.49. The number of rotatable bonds is 5. The molecule has 0 fully saturated rings. The maximum atomic E-state index is 11.9. The second-order valence-electron chi connectivity index (χ2n) is 5.65. The van der Waals surface area contributed by atoms with Crippen LogP contribution in [0.5, 0.6) is 11.5 Å². The van der Waals surface area contributed by atoms with Crippen LogP contribution in [0.3, 0.4) is 0 Å². The molecule has 0 radical (unpaired) electrons. The van der Waals surface area contributed by atoms with E-state index in [-0.39, 0.29) is 24.5 Å². The number of carbonyl (C=O) groups is 1. The van der Waals surface area contributed by atoms with Gasteiger partial charge in [-0.1, -0.05) is 17.7 Å². The molecule has 6 nitrogen and oxygen atoms in total. The Hall–Kier alpha value is -2.99. The molecule has 3 rings (SSSR count). The zero-order chi connectivity index (χ0) is 18.7. The van der Waals surface area contributed by atoms with Crippen molar-refractivity contribution in [2.75, 3.05) is 6.61 Å². The van der Waals surface area contributed by atoms with Crippen molar-refractivity contribution in [1.82, 2.24) is 0 Å². The van der Waals surface area contributed by atoms with E-state index >= 15 is 0 Å². The van der Waals surface area contributed by atoms with Gasteiger partial charge in [0.1, 0.15) is 23.7 Å². The first kappa shape index (κ1) is 17.8. The summed E-state index contributed by atoms with van der Waals surface area (Å²) in [6.45, 7) is 1.44. The third-order valence-corrected chi connectivity index (χ3v) is 3.95. The third-order valence-electron chi connectivity index (χ3n) is 3.63. The molecule has 0 amide bonds. The highest BCUT2D eigenvalue weighted by atomic mass is 35.5. The summed E-state index contributed by atoms with van der Waals surface area (Å²) in [7, 11) is 0. The van der Waals surface area contributed by atoms with Gasteiger partial charge in [0.2, 0.25) is 0 Å². The number of halogens is 1. The molecule has 134 valence electrons. The number of hydrogen-bond acceptors (Lipinski definition) is 6. The molecule has 0 saturated carbocycles. The molecular weight excluding hydrogens is 360 g/mol. The van der Waals surface area contributed by atoms with E-state index in [1.54, 1.807) is 18.2 Å². The first-order chi connectivity index (χ1) is 12.4. The normalized spacial score (nSPS) is 10.7. The number of carbonyl (C=O) groups excluding carboxylic acids is 1. The minimum absolute atomic E-state index is 0.0294. The second-order valence-corrected chi connectivity index (χ2v) is 6.06. The predicted molar refractivity (Wildman–Crippen MR) is 95.6 cm³/mol. The van der Waals surface area contributed by atoms with Gasteiger partial charge in [-0.25, -0.2) is 9.59 Å². The van der Waals surface area contributed by atoms with Crippen LogP contribution in [0, 0.1) is 6.92 Å². The molecule has 1 N–H and O–H groups in total. The number of esters is 1. The molecule has 0 aliphatic heterocycles. The van der Waals surface area contributed by atoms with E-state index in [0.717, 1.165) is 5.56 Å². The minimum atomic E-state index is -0.609. The van der Waals surface area contributed by atoms with Crippen LogP contribution >= 0.6 is 11.6 Å². The molecule has 3 aromatic rings. The molecule has 0 atom stereocenters. The van der Waals surface area contributed by atoms with Crippen LogP contribution in [0.1, 0.15) is 11.1 Å². The summed E-state index contributed by atoms with van der Waals surface area (Å²) in [6, 6.07) is 10.8. The number of phenols is 1. The van der Waals surface area contributed by atoms with Crippen molar-refractivity contribution in [1.29, 1.82) is 0 Å².